The fourth-order valence-corrected chi connectivity index (χ4v) is 4.71. The number of pyridine rings is 2. The summed E-state index contributed by atoms with van der Waals surface area (Å²) in [4.78, 5) is 42.9. The predicted octanol–water partition coefficient (Wildman–Crippen LogP) is 1.78. The average Bonchev–Trinajstić information content (AvgIpc) is 3.24. The van der Waals surface area contributed by atoms with Crippen molar-refractivity contribution in [2.75, 3.05) is 18.0 Å². The van der Waals surface area contributed by atoms with Crippen LogP contribution in [-0.4, -0.2) is 47.8 Å². The molecule has 0 bridgehead atoms. The van der Waals surface area contributed by atoms with Gasteiger partial charge in [-0.1, -0.05) is 11.6 Å². The van der Waals surface area contributed by atoms with Gasteiger partial charge in [-0.2, -0.15) is 4.98 Å². The molecule has 10 nitrogen and oxygen atoms in total. The maximum atomic E-state index is 13.9. The van der Waals surface area contributed by atoms with Crippen LogP contribution in [-0.2, 0) is 20.1 Å². The van der Waals surface area contributed by atoms with Crippen molar-refractivity contribution in [2.45, 2.75) is 45.8 Å². The van der Waals surface area contributed by atoms with Crippen LogP contribution in [0.5, 0.6) is 0 Å². The van der Waals surface area contributed by atoms with Crippen LogP contribution in [0, 0.1) is 0 Å². The zero-order valence-corrected chi connectivity index (χ0v) is 20.3. The summed E-state index contributed by atoms with van der Waals surface area (Å²) in [7, 11) is 1.66. The van der Waals surface area contributed by atoms with Crippen LogP contribution in [0.15, 0.2) is 51.8 Å². The maximum absolute atomic E-state index is 13.9. The van der Waals surface area contributed by atoms with Crippen LogP contribution >= 0.6 is 0 Å². The monoisotopic (exact) mass is 474 g/mol. The number of rotatable bonds is 5. The topological polar surface area (TPSA) is 117 Å². The molecule has 1 aliphatic rings. The molecule has 1 aliphatic heterocycles. The molecule has 5 heterocycles. The van der Waals surface area contributed by atoms with Gasteiger partial charge in [0, 0.05) is 50.7 Å². The molecule has 182 valence electrons. The maximum Gasteiger partial charge on any atom is 0.332 e. The third-order valence-electron chi connectivity index (χ3n) is 6.54. The van der Waals surface area contributed by atoms with Crippen molar-refractivity contribution in [3.63, 3.8) is 0 Å². The highest BCUT2D eigenvalue weighted by Crippen LogP contribution is 2.23. The van der Waals surface area contributed by atoms with E-state index in [2.05, 4.69) is 20.9 Å². The normalized spacial score (nSPS) is 16.2. The Hall–Kier alpha value is -3.79. The van der Waals surface area contributed by atoms with Crippen molar-refractivity contribution in [3.8, 4) is 0 Å². The molecule has 1 saturated heterocycles. The Balaban J connectivity index is 1.72. The van der Waals surface area contributed by atoms with Gasteiger partial charge in [0.2, 0.25) is 5.95 Å². The molecule has 0 amide bonds. The third-order valence-corrected chi connectivity index (χ3v) is 6.54. The molecule has 1 unspecified atom stereocenters. The highest BCUT2D eigenvalue weighted by molar-refractivity contribution is 5.77. The molecule has 0 saturated carbocycles. The van der Waals surface area contributed by atoms with Gasteiger partial charge in [0.25, 0.3) is 5.56 Å². The van der Waals surface area contributed by atoms with Gasteiger partial charge in [0.15, 0.2) is 11.2 Å². The molecule has 10 heteroatoms. The first kappa shape index (κ1) is 23.0. The van der Waals surface area contributed by atoms with E-state index in [9.17, 15) is 9.59 Å². The molecule has 0 radical (unpaired) electrons. The van der Waals surface area contributed by atoms with Crippen LogP contribution < -0.4 is 21.9 Å². The minimum Gasteiger partial charge on any atom is -0.341 e. The molecule has 0 aliphatic carbocycles. The quantitative estimate of drug-likeness (QED) is 0.438. The Bertz CT molecular complexity index is 1550. The zero-order valence-electron chi connectivity index (χ0n) is 20.3. The standard InChI is InChI=1S/C25H30N8O2/c1-16(2)9-13-32-21-22(29-24(32)31-12-5-6-18(26)15-31)30(3)25(35)33(23(21)34)14-17-8-11-27-19-7-4-10-28-20(17)19/h4,7-11,18H,5-6,12-15,26H2,1-3H3. The highest BCUT2D eigenvalue weighted by atomic mass is 16.2. The lowest BCUT2D eigenvalue weighted by molar-refractivity contribution is 0.495. The van der Waals surface area contributed by atoms with E-state index in [0.717, 1.165) is 30.5 Å². The first-order chi connectivity index (χ1) is 16.8. The Morgan fingerprint density at radius 3 is 2.77 bits per heavy atom. The molecular formula is C25H30N8O2. The molecule has 4 aromatic heterocycles. The van der Waals surface area contributed by atoms with Gasteiger partial charge >= 0.3 is 5.69 Å². The number of hydrogen-bond donors (Lipinski definition) is 1. The fraction of sp³-hybridized carbons (Fsp3) is 0.400. The minimum atomic E-state index is -0.419. The Morgan fingerprint density at radius 2 is 2.00 bits per heavy atom. The molecular weight excluding hydrogens is 444 g/mol. The van der Waals surface area contributed by atoms with Crippen molar-refractivity contribution in [2.24, 2.45) is 12.8 Å². The second-order valence-electron chi connectivity index (χ2n) is 9.40. The summed E-state index contributed by atoms with van der Waals surface area (Å²) in [5, 5.41) is 0. The molecule has 0 spiro atoms. The third kappa shape index (κ3) is 4.14. The van der Waals surface area contributed by atoms with Crippen LogP contribution in [0.25, 0.3) is 22.2 Å². The van der Waals surface area contributed by atoms with Gasteiger partial charge in [-0.05, 0) is 44.9 Å². The number of hydrogen-bond acceptors (Lipinski definition) is 7. The average molecular weight is 475 g/mol. The molecule has 35 heavy (non-hydrogen) atoms. The lowest BCUT2D eigenvalue weighted by Crippen LogP contribution is -2.44. The first-order valence-corrected chi connectivity index (χ1v) is 11.9. The predicted molar refractivity (Wildman–Crippen MR) is 137 cm³/mol. The minimum absolute atomic E-state index is 0.0495. The number of fused-ring (bicyclic) bond motifs is 2. The SMILES string of the molecule is CC(C)=CCn1c(N2CCCC(N)C2)nc2c1c(=O)n(Cc1ccnc3cccnc13)c(=O)n2C. The van der Waals surface area contributed by atoms with Gasteiger partial charge in [-0.3, -0.25) is 23.9 Å². The molecule has 1 atom stereocenters. The van der Waals surface area contributed by atoms with Crippen LogP contribution in [0.4, 0.5) is 5.95 Å². The van der Waals surface area contributed by atoms with E-state index in [0.29, 0.717) is 41.2 Å². The van der Waals surface area contributed by atoms with Crippen molar-refractivity contribution in [1.29, 1.82) is 0 Å². The molecule has 1 fully saturated rings. The molecule has 5 rings (SSSR count). The summed E-state index contributed by atoms with van der Waals surface area (Å²) in [6.07, 6.45) is 7.33. The van der Waals surface area contributed by atoms with Crippen LogP contribution in [0.3, 0.4) is 0 Å². The van der Waals surface area contributed by atoms with Gasteiger partial charge in [0.05, 0.1) is 17.6 Å². The van der Waals surface area contributed by atoms with Gasteiger partial charge in [-0.25, -0.2) is 4.79 Å². The van der Waals surface area contributed by atoms with Crippen molar-refractivity contribution >= 4 is 28.1 Å². The number of piperidine rings is 1. The van der Waals surface area contributed by atoms with E-state index in [1.807, 2.05) is 30.5 Å². The number of aromatic nitrogens is 6. The second-order valence-corrected chi connectivity index (χ2v) is 9.40. The summed E-state index contributed by atoms with van der Waals surface area (Å²) in [6.45, 7) is 6.08. The zero-order chi connectivity index (χ0) is 24.7. The Labute approximate surface area is 202 Å². The molecule has 4 aromatic rings. The lowest BCUT2D eigenvalue weighted by atomic mass is 10.1. The summed E-state index contributed by atoms with van der Waals surface area (Å²) < 4.78 is 4.64. The summed E-state index contributed by atoms with van der Waals surface area (Å²) >= 11 is 0. The number of nitrogens with zero attached hydrogens (tertiary/aromatic N) is 7. The number of allylic oxidation sites excluding steroid dienone is 2. The van der Waals surface area contributed by atoms with E-state index in [1.165, 1.54) is 9.13 Å². The summed E-state index contributed by atoms with van der Waals surface area (Å²) in [6, 6.07) is 5.52. The van der Waals surface area contributed by atoms with Crippen molar-refractivity contribution in [1.82, 2.24) is 28.7 Å². The summed E-state index contributed by atoms with van der Waals surface area (Å²) in [5.41, 5.74) is 9.52. The second kappa shape index (κ2) is 9.10. The molecule has 0 aromatic carbocycles. The van der Waals surface area contributed by atoms with Gasteiger partial charge < -0.3 is 15.2 Å². The largest absolute Gasteiger partial charge is 0.341 e. The van der Waals surface area contributed by atoms with Crippen LogP contribution in [0.2, 0.25) is 0 Å². The van der Waals surface area contributed by atoms with Gasteiger partial charge in [0.1, 0.15) is 0 Å². The first-order valence-electron chi connectivity index (χ1n) is 11.9. The van der Waals surface area contributed by atoms with Gasteiger partial charge in [-0.15, -0.1) is 0 Å². The Morgan fingerprint density at radius 1 is 1.17 bits per heavy atom. The smallest absolute Gasteiger partial charge is 0.332 e. The van der Waals surface area contributed by atoms with E-state index in [1.54, 1.807) is 25.5 Å². The lowest BCUT2D eigenvalue weighted by Gasteiger charge is -2.31. The molecule has 2 N–H and O–H groups in total. The van der Waals surface area contributed by atoms with E-state index < -0.39 is 5.69 Å². The highest BCUT2D eigenvalue weighted by Gasteiger charge is 2.26. The number of aryl methyl sites for hydroxylation is 1. The summed E-state index contributed by atoms with van der Waals surface area (Å²) in [5.74, 6) is 0.675. The Kier molecular flexibility index (Phi) is 5.98. The fourth-order valence-electron chi connectivity index (χ4n) is 4.71. The van der Waals surface area contributed by atoms with Crippen LogP contribution in [0.1, 0.15) is 32.3 Å². The van der Waals surface area contributed by atoms with E-state index >= 15 is 0 Å². The number of imidazole rings is 1. The van der Waals surface area contributed by atoms with Crippen molar-refractivity contribution < 1.29 is 0 Å². The van der Waals surface area contributed by atoms with Crippen molar-refractivity contribution in [3.05, 3.63) is 68.6 Å². The van der Waals surface area contributed by atoms with E-state index in [-0.39, 0.29) is 18.1 Å². The van der Waals surface area contributed by atoms with E-state index in [4.69, 9.17) is 10.7 Å². The number of anilines is 1. The number of nitrogens with two attached hydrogens (primary N) is 1.